The zero-order valence-corrected chi connectivity index (χ0v) is 12.2. The molecule has 1 fully saturated rings. The first-order valence-corrected chi connectivity index (χ1v) is 7.04. The van der Waals surface area contributed by atoms with Gasteiger partial charge >= 0.3 is 0 Å². The molecule has 0 radical (unpaired) electrons. The molecule has 0 saturated heterocycles. The molecule has 0 amide bonds. The Balaban J connectivity index is 2.20. The number of nitrogens with one attached hydrogen (secondary N) is 1. The molecule has 1 aliphatic rings. The van der Waals surface area contributed by atoms with E-state index in [1.165, 1.54) is 24.8 Å². The highest BCUT2D eigenvalue weighted by molar-refractivity contribution is 6.32. The normalized spacial score (nSPS) is 27.4. The summed E-state index contributed by atoms with van der Waals surface area (Å²) in [6.07, 6.45) is 3.65. The van der Waals surface area contributed by atoms with Crippen molar-refractivity contribution in [3.05, 3.63) is 28.8 Å². The van der Waals surface area contributed by atoms with Gasteiger partial charge in [-0.05, 0) is 48.9 Å². The van der Waals surface area contributed by atoms with E-state index in [4.69, 9.17) is 16.3 Å². The second kappa shape index (κ2) is 5.50. The van der Waals surface area contributed by atoms with Gasteiger partial charge in [0.1, 0.15) is 5.75 Å². The van der Waals surface area contributed by atoms with Crippen molar-refractivity contribution in [2.45, 2.75) is 44.6 Å². The molecule has 1 N–H and O–H groups in total. The molecule has 2 unspecified atom stereocenters. The largest absolute Gasteiger partial charge is 0.495 e. The quantitative estimate of drug-likeness (QED) is 0.897. The summed E-state index contributed by atoms with van der Waals surface area (Å²) in [7, 11) is 1.67. The Bertz CT molecular complexity index is 421. The summed E-state index contributed by atoms with van der Waals surface area (Å²) < 4.78 is 5.32. The van der Waals surface area contributed by atoms with E-state index in [9.17, 15) is 0 Å². The standard InChI is InChI=1S/C15H22ClNO/c1-4-17-12-7-8-15(2,10-12)11-5-6-13(16)14(9-11)18-3/h5-6,9,12,17H,4,7-8,10H2,1-3H3. The first-order chi connectivity index (χ1) is 8.59. The van der Waals surface area contributed by atoms with Crippen molar-refractivity contribution < 1.29 is 4.74 Å². The van der Waals surface area contributed by atoms with E-state index in [0.717, 1.165) is 12.3 Å². The van der Waals surface area contributed by atoms with Crippen molar-refractivity contribution in [1.82, 2.24) is 5.32 Å². The van der Waals surface area contributed by atoms with Crippen LogP contribution in [0.3, 0.4) is 0 Å². The van der Waals surface area contributed by atoms with Crippen molar-refractivity contribution in [3.63, 3.8) is 0 Å². The van der Waals surface area contributed by atoms with Crippen LogP contribution in [0.25, 0.3) is 0 Å². The van der Waals surface area contributed by atoms with E-state index >= 15 is 0 Å². The molecule has 3 heteroatoms. The molecule has 2 atom stereocenters. The summed E-state index contributed by atoms with van der Waals surface area (Å²) in [5.41, 5.74) is 1.58. The van der Waals surface area contributed by atoms with Gasteiger partial charge < -0.3 is 10.1 Å². The van der Waals surface area contributed by atoms with E-state index in [2.05, 4.69) is 31.3 Å². The molecule has 1 saturated carbocycles. The number of halogens is 1. The zero-order valence-electron chi connectivity index (χ0n) is 11.4. The number of rotatable bonds is 4. The molecule has 0 aromatic heterocycles. The number of hydrogen-bond donors (Lipinski definition) is 1. The fourth-order valence-corrected chi connectivity index (χ4v) is 3.20. The maximum atomic E-state index is 6.09. The highest BCUT2D eigenvalue weighted by Gasteiger charge is 2.36. The van der Waals surface area contributed by atoms with Crippen molar-refractivity contribution in [1.29, 1.82) is 0 Å². The number of benzene rings is 1. The molecular formula is C15H22ClNO. The van der Waals surface area contributed by atoms with E-state index in [1.54, 1.807) is 7.11 Å². The predicted molar refractivity (Wildman–Crippen MR) is 76.7 cm³/mol. The maximum absolute atomic E-state index is 6.09. The van der Waals surface area contributed by atoms with Crippen LogP contribution in [-0.2, 0) is 5.41 Å². The Morgan fingerprint density at radius 1 is 1.50 bits per heavy atom. The van der Waals surface area contributed by atoms with Crippen molar-refractivity contribution in [3.8, 4) is 5.75 Å². The van der Waals surface area contributed by atoms with Crippen LogP contribution in [0.1, 0.15) is 38.7 Å². The lowest BCUT2D eigenvalue weighted by atomic mass is 9.81. The van der Waals surface area contributed by atoms with Gasteiger partial charge in [-0.15, -0.1) is 0 Å². The van der Waals surface area contributed by atoms with E-state index < -0.39 is 0 Å². The van der Waals surface area contributed by atoms with E-state index in [-0.39, 0.29) is 5.41 Å². The second-order valence-electron chi connectivity index (χ2n) is 5.41. The van der Waals surface area contributed by atoms with Gasteiger partial charge in [-0.1, -0.05) is 31.5 Å². The minimum absolute atomic E-state index is 0.241. The lowest BCUT2D eigenvalue weighted by Gasteiger charge is -2.25. The molecule has 0 heterocycles. The van der Waals surface area contributed by atoms with Gasteiger partial charge in [0.25, 0.3) is 0 Å². The van der Waals surface area contributed by atoms with Gasteiger partial charge in [0.15, 0.2) is 0 Å². The monoisotopic (exact) mass is 267 g/mol. The summed E-state index contributed by atoms with van der Waals surface area (Å²) >= 11 is 6.09. The number of ether oxygens (including phenoxy) is 1. The third-order valence-electron chi connectivity index (χ3n) is 4.08. The molecule has 2 nitrogen and oxygen atoms in total. The van der Waals surface area contributed by atoms with Crippen LogP contribution in [0.4, 0.5) is 0 Å². The van der Waals surface area contributed by atoms with Crippen molar-refractivity contribution >= 4 is 11.6 Å². The number of methoxy groups -OCH3 is 1. The molecule has 1 aliphatic carbocycles. The average Bonchev–Trinajstić information content (AvgIpc) is 2.73. The maximum Gasteiger partial charge on any atom is 0.137 e. The van der Waals surface area contributed by atoms with Crippen LogP contribution in [0.2, 0.25) is 5.02 Å². The minimum atomic E-state index is 0.241. The Kier molecular flexibility index (Phi) is 4.18. The van der Waals surface area contributed by atoms with Crippen LogP contribution in [-0.4, -0.2) is 19.7 Å². The molecule has 1 aromatic carbocycles. The Morgan fingerprint density at radius 3 is 2.94 bits per heavy atom. The Hall–Kier alpha value is -0.730. The predicted octanol–water partition coefficient (Wildman–Crippen LogP) is 3.77. The Morgan fingerprint density at radius 2 is 2.28 bits per heavy atom. The van der Waals surface area contributed by atoms with Crippen molar-refractivity contribution in [2.75, 3.05) is 13.7 Å². The number of hydrogen-bond acceptors (Lipinski definition) is 2. The first-order valence-electron chi connectivity index (χ1n) is 6.66. The highest BCUT2D eigenvalue weighted by atomic mass is 35.5. The fourth-order valence-electron chi connectivity index (χ4n) is 3.00. The molecule has 18 heavy (non-hydrogen) atoms. The van der Waals surface area contributed by atoms with Crippen LogP contribution < -0.4 is 10.1 Å². The van der Waals surface area contributed by atoms with Gasteiger partial charge in [-0.25, -0.2) is 0 Å². The van der Waals surface area contributed by atoms with E-state index in [0.29, 0.717) is 11.1 Å². The van der Waals surface area contributed by atoms with E-state index in [1.807, 2.05) is 6.07 Å². The molecule has 0 bridgehead atoms. The molecule has 0 spiro atoms. The summed E-state index contributed by atoms with van der Waals surface area (Å²) in [5.74, 6) is 0.780. The summed E-state index contributed by atoms with van der Waals surface area (Å²) in [4.78, 5) is 0. The lowest BCUT2D eigenvalue weighted by molar-refractivity contribution is 0.409. The van der Waals surface area contributed by atoms with Crippen molar-refractivity contribution in [2.24, 2.45) is 0 Å². The SMILES string of the molecule is CCNC1CCC(C)(c2ccc(Cl)c(OC)c2)C1. The first kappa shape index (κ1) is 13.7. The minimum Gasteiger partial charge on any atom is -0.495 e. The Labute approximate surface area is 115 Å². The highest BCUT2D eigenvalue weighted by Crippen LogP contribution is 2.42. The average molecular weight is 268 g/mol. The van der Waals surface area contributed by atoms with Gasteiger partial charge in [0, 0.05) is 6.04 Å². The topological polar surface area (TPSA) is 21.3 Å². The molecular weight excluding hydrogens is 246 g/mol. The van der Waals surface area contributed by atoms with Crippen LogP contribution in [0.5, 0.6) is 5.75 Å². The molecule has 1 aromatic rings. The summed E-state index contributed by atoms with van der Waals surface area (Å²) in [6.45, 7) is 5.55. The molecule has 100 valence electrons. The van der Waals surface area contributed by atoms with Crippen LogP contribution in [0, 0.1) is 0 Å². The molecule has 0 aliphatic heterocycles. The van der Waals surface area contributed by atoms with Gasteiger partial charge in [0.2, 0.25) is 0 Å². The van der Waals surface area contributed by atoms with Crippen LogP contribution >= 0.6 is 11.6 Å². The fraction of sp³-hybridized carbons (Fsp3) is 0.600. The second-order valence-corrected chi connectivity index (χ2v) is 5.81. The van der Waals surface area contributed by atoms with Gasteiger partial charge in [-0.2, -0.15) is 0 Å². The lowest BCUT2D eigenvalue weighted by Crippen LogP contribution is -2.28. The third kappa shape index (κ3) is 2.65. The van der Waals surface area contributed by atoms with Gasteiger partial charge in [0.05, 0.1) is 12.1 Å². The summed E-state index contributed by atoms with van der Waals surface area (Å²) in [5, 5.41) is 4.24. The zero-order chi connectivity index (χ0) is 13.2. The van der Waals surface area contributed by atoms with Gasteiger partial charge in [-0.3, -0.25) is 0 Å². The van der Waals surface area contributed by atoms with Crippen LogP contribution in [0.15, 0.2) is 18.2 Å². The smallest absolute Gasteiger partial charge is 0.137 e. The third-order valence-corrected chi connectivity index (χ3v) is 4.39. The summed E-state index contributed by atoms with van der Waals surface area (Å²) in [6, 6.07) is 6.82. The molecule has 2 rings (SSSR count).